The third-order valence-electron chi connectivity index (χ3n) is 4.98. The quantitative estimate of drug-likeness (QED) is 0.330. The number of rotatable bonds is 4. The lowest BCUT2D eigenvalue weighted by Crippen LogP contribution is -2.11. The lowest BCUT2D eigenvalue weighted by Gasteiger charge is -2.18. The zero-order valence-electron chi connectivity index (χ0n) is 18.9. The second kappa shape index (κ2) is 9.87. The number of ether oxygens (including phenoxy) is 1. The Hall–Kier alpha value is -3.65. The van der Waals surface area contributed by atoms with Gasteiger partial charge in [0, 0.05) is 18.1 Å². The van der Waals surface area contributed by atoms with Gasteiger partial charge in [-0.15, -0.1) is 0 Å². The third-order valence-corrected chi connectivity index (χ3v) is 5.19. The molecule has 33 heavy (non-hydrogen) atoms. The normalized spacial score (nSPS) is 11.6. The fraction of sp³-hybridized carbons (Fsp3) is 0.250. The Morgan fingerprint density at radius 1 is 1.15 bits per heavy atom. The summed E-state index contributed by atoms with van der Waals surface area (Å²) in [6, 6.07) is 7.25. The molecule has 0 radical (unpaired) electrons. The van der Waals surface area contributed by atoms with Crippen LogP contribution in [0.2, 0.25) is 5.15 Å². The number of oxazole rings is 1. The maximum Gasteiger partial charge on any atom is 0.204 e. The second-order valence-corrected chi connectivity index (χ2v) is 7.86. The fourth-order valence-corrected chi connectivity index (χ4v) is 3.66. The molecule has 3 heterocycles. The highest BCUT2D eigenvalue weighted by atomic mass is 35.5. The van der Waals surface area contributed by atoms with Crippen LogP contribution in [0.5, 0.6) is 5.75 Å². The van der Waals surface area contributed by atoms with E-state index in [1.807, 2.05) is 32.9 Å². The van der Waals surface area contributed by atoms with Crippen LogP contribution in [0.25, 0.3) is 22.5 Å². The van der Waals surface area contributed by atoms with Crippen molar-refractivity contribution in [3.8, 4) is 17.3 Å². The largest absolute Gasteiger partial charge is 0.484 e. The predicted octanol–water partition coefficient (Wildman–Crippen LogP) is 4.97. The van der Waals surface area contributed by atoms with E-state index in [0.717, 1.165) is 11.1 Å². The number of fused-ring (bicyclic) bond motifs is 1. The Morgan fingerprint density at radius 3 is 2.45 bits per heavy atom. The van der Waals surface area contributed by atoms with Crippen LogP contribution in [0.4, 0.5) is 0 Å². The van der Waals surface area contributed by atoms with Crippen LogP contribution >= 0.6 is 11.6 Å². The van der Waals surface area contributed by atoms with Crippen molar-refractivity contribution in [3.63, 3.8) is 0 Å². The number of carbonyl (C=O) groups is 1. The van der Waals surface area contributed by atoms with Crippen molar-refractivity contribution in [3.05, 3.63) is 74.1 Å². The number of aryl methyl sites for hydroxylation is 3. The number of benzene rings is 1. The maximum atomic E-state index is 13.1. The molecule has 0 fully saturated rings. The molecular weight excluding hydrogens is 446 g/mol. The molecule has 1 aromatic carbocycles. The lowest BCUT2D eigenvalue weighted by atomic mass is 10.0. The first-order chi connectivity index (χ1) is 15.7. The van der Waals surface area contributed by atoms with Crippen molar-refractivity contribution in [2.45, 2.75) is 40.7 Å². The summed E-state index contributed by atoms with van der Waals surface area (Å²) >= 11 is 5.95. The molecule has 1 atom stereocenters. The summed E-state index contributed by atoms with van der Waals surface area (Å²) in [5.74, 6) is 1.90. The molecule has 4 aromatic rings. The third kappa shape index (κ3) is 5.06. The average Bonchev–Trinajstić information content (AvgIpc) is 3.19. The molecule has 0 spiro atoms. The minimum absolute atomic E-state index is 0.109. The SMILES string of the molecule is Cc1cc(C(C)Oc2ccc(Cl)nc2C)c2oc(-c3cnc(C)o3)c(C)c(=O)c2c1.NC=O. The van der Waals surface area contributed by atoms with Crippen molar-refractivity contribution >= 4 is 29.0 Å². The van der Waals surface area contributed by atoms with Gasteiger partial charge in [-0.2, -0.15) is 0 Å². The zero-order valence-corrected chi connectivity index (χ0v) is 19.7. The molecule has 9 heteroatoms. The molecule has 172 valence electrons. The van der Waals surface area contributed by atoms with Gasteiger partial charge < -0.3 is 19.3 Å². The molecular formula is C24H24ClN3O5. The number of hydrogen-bond acceptors (Lipinski definition) is 7. The van der Waals surface area contributed by atoms with Crippen LogP contribution < -0.4 is 15.9 Å². The minimum Gasteiger partial charge on any atom is -0.484 e. The number of nitrogens with zero attached hydrogens (tertiary/aromatic N) is 2. The van der Waals surface area contributed by atoms with E-state index in [9.17, 15) is 4.79 Å². The molecule has 4 rings (SSSR count). The van der Waals surface area contributed by atoms with Crippen molar-refractivity contribution in [2.24, 2.45) is 5.73 Å². The summed E-state index contributed by atoms with van der Waals surface area (Å²) < 4.78 is 18.0. The van der Waals surface area contributed by atoms with E-state index >= 15 is 0 Å². The van der Waals surface area contributed by atoms with Gasteiger partial charge in [0.05, 0.1) is 17.3 Å². The number of pyridine rings is 1. The summed E-state index contributed by atoms with van der Waals surface area (Å²) in [6.45, 7) is 9.14. The topological polar surface area (TPSA) is 121 Å². The van der Waals surface area contributed by atoms with Gasteiger partial charge in [-0.1, -0.05) is 11.6 Å². The van der Waals surface area contributed by atoms with Gasteiger partial charge in [0.15, 0.2) is 22.8 Å². The first-order valence-corrected chi connectivity index (χ1v) is 10.5. The Morgan fingerprint density at radius 2 is 1.85 bits per heavy atom. The molecule has 3 aromatic heterocycles. The standard InChI is InChI=1S/C23H21ClN2O4.CH3NO/c1-11-8-16(14(4)28-18-6-7-20(24)26-13(18)3)23-17(9-11)21(27)12(2)22(30-23)19-10-25-15(5)29-19;2-1-3/h6-10,14H,1-5H3;1H,(H2,2,3). The van der Waals surface area contributed by atoms with Crippen LogP contribution in [0.1, 0.15) is 41.3 Å². The van der Waals surface area contributed by atoms with E-state index in [1.54, 1.807) is 32.2 Å². The molecule has 0 bridgehead atoms. The van der Waals surface area contributed by atoms with Gasteiger partial charge in [0.1, 0.15) is 22.6 Å². The van der Waals surface area contributed by atoms with E-state index < -0.39 is 6.10 Å². The smallest absolute Gasteiger partial charge is 0.204 e. The number of primary amides is 1. The number of aromatic nitrogens is 2. The van der Waals surface area contributed by atoms with E-state index in [1.165, 1.54) is 0 Å². The van der Waals surface area contributed by atoms with Crippen molar-refractivity contribution < 1.29 is 18.4 Å². The number of nitrogens with two attached hydrogens (primary N) is 1. The number of carbonyl (C=O) groups excluding carboxylic acids is 1. The van der Waals surface area contributed by atoms with Crippen molar-refractivity contribution in [2.75, 3.05) is 0 Å². The molecule has 1 unspecified atom stereocenters. The zero-order chi connectivity index (χ0) is 24.3. The van der Waals surface area contributed by atoms with Crippen LogP contribution in [0.3, 0.4) is 0 Å². The fourth-order valence-electron chi connectivity index (χ4n) is 3.47. The van der Waals surface area contributed by atoms with Crippen LogP contribution in [-0.2, 0) is 4.79 Å². The van der Waals surface area contributed by atoms with Gasteiger partial charge in [-0.3, -0.25) is 9.59 Å². The van der Waals surface area contributed by atoms with Crippen molar-refractivity contribution in [1.82, 2.24) is 9.97 Å². The van der Waals surface area contributed by atoms with Gasteiger partial charge >= 0.3 is 0 Å². The molecule has 0 aliphatic heterocycles. The molecule has 2 N–H and O–H groups in total. The highest BCUT2D eigenvalue weighted by molar-refractivity contribution is 6.29. The predicted molar refractivity (Wildman–Crippen MR) is 125 cm³/mol. The Kier molecular flexibility index (Phi) is 7.18. The Balaban J connectivity index is 0.000000968. The molecule has 0 aliphatic carbocycles. The Labute approximate surface area is 195 Å². The lowest BCUT2D eigenvalue weighted by molar-refractivity contribution is -0.106. The molecule has 8 nitrogen and oxygen atoms in total. The number of hydrogen-bond donors (Lipinski definition) is 1. The Bertz CT molecular complexity index is 1380. The van der Waals surface area contributed by atoms with E-state index in [-0.39, 0.29) is 11.8 Å². The highest BCUT2D eigenvalue weighted by Gasteiger charge is 2.21. The summed E-state index contributed by atoms with van der Waals surface area (Å²) in [6.07, 6.45) is 1.41. The van der Waals surface area contributed by atoms with Crippen molar-refractivity contribution in [1.29, 1.82) is 0 Å². The van der Waals surface area contributed by atoms with Crippen LogP contribution in [0.15, 0.2) is 44.1 Å². The monoisotopic (exact) mass is 469 g/mol. The van der Waals surface area contributed by atoms with E-state index in [4.69, 9.17) is 30.0 Å². The van der Waals surface area contributed by atoms with Crippen LogP contribution in [-0.4, -0.2) is 16.4 Å². The molecule has 0 saturated heterocycles. The molecule has 1 amide bonds. The second-order valence-electron chi connectivity index (χ2n) is 7.47. The average molecular weight is 470 g/mol. The highest BCUT2D eigenvalue weighted by Crippen LogP contribution is 2.33. The molecule has 0 saturated carbocycles. The first-order valence-electron chi connectivity index (χ1n) is 10.1. The first kappa shape index (κ1) is 24.0. The van der Waals surface area contributed by atoms with Gasteiger partial charge in [0.2, 0.25) is 6.41 Å². The maximum absolute atomic E-state index is 13.1. The summed E-state index contributed by atoms with van der Waals surface area (Å²) in [4.78, 5) is 30.0. The van der Waals surface area contributed by atoms with E-state index in [0.29, 0.717) is 50.5 Å². The summed E-state index contributed by atoms with van der Waals surface area (Å²) in [5.41, 5.74) is 7.37. The molecule has 0 aliphatic rings. The summed E-state index contributed by atoms with van der Waals surface area (Å²) in [5, 5.41) is 0.908. The van der Waals surface area contributed by atoms with E-state index in [2.05, 4.69) is 15.7 Å². The van der Waals surface area contributed by atoms with Crippen LogP contribution in [0, 0.1) is 27.7 Å². The number of amides is 1. The minimum atomic E-state index is -0.399. The van der Waals surface area contributed by atoms with Gasteiger partial charge in [0.25, 0.3) is 0 Å². The van der Waals surface area contributed by atoms with Gasteiger partial charge in [-0.05, 0) is 57.5 Å². The summed E-state index contributed by atoms with van der Waals surface area (Å²) in [7, 11) is 0. The number of halogens is 1. The van der Waals surface area contributed by atoms with Gasteiger partial charge in [-0.25, -0.2) is 9.97 Å².